The molecular formula is C19H18ClNO4. The summed E-state index contributed by atoms with van der Waals surface area (Å²) in [5, 5.41) is 3.19. The summed E-state index contributed by atoms with van der Waals surface area (Å²) >= 11 is 6.00. The minimum Gasteiger partial charge on any atom is -0.497 e. The van der Waals surface area contributed by atoms with E-state index in [1.807, 2.05) is 0 Å². The molecule has 1 atom stereocenters. The number of carbonyl (C=O) groups excluding carboxylic acids is 2. The van der Waals surface area contributed by atoms with E-state index >= 15 is 0 Å². The van der Waals surface area contributed by atoms with Gasteiger partial charge in [-0.15, -0.1) is 0 Å². The standard InChI is InChI=1S/C19H18ClNO4/c1-13(19(23)21-15-7-5-8-16(12-15)24-2)25-18(22)11-10-14-6-3-4-9-17(14)20/h3-13H,1-2H3,(H,21,23)/b11-10+/t13-/m1/s1. The molecule has 0 unspecified atom stereocenters. The quantitative estimate of drug-likeness (QED) is 0.627. The van der Waals surface area contributed by atoms with Gasteiger partial charge in [-0.1, -0.05) is 35.9 Å². The Morgan fingerprint density at radius 1 is 1.16 bits per heavy atom. The van der Waals surface area contributed by atoms with Crippen LogP contribution < -0.4 is 10.1 Å². The lowest BCUT2D eigenvalue weighted by Crippen LogP contribution is -2.29. The Labute approximate surface area is 151 Å². The van der Waals surface area contributed by atoms with Crippen LogP contribution in [-0.2, 0) is 14.3 Å². The number of methoxy groups -OCH3 is 1. The summed E-state index contributed by atoms with van der Waals surface area (Å²) < 4.78 is 10.2. The van der Waals surface area contributed by atoms with Gasteiger partial charge in [-0.3, -0.25) is 4.79 Å². The molecular weight excluding hydrogens is 342 g/mol. The molecule has 0 fully saturated rings. The first-order valence-electron chi connectivity index (χ1n) is 7.57. The Kier molecular flexibility index (Phi) is 6.60. The fourth-order valence-corrected chi connectivity index (χ4v) is 2.18. The van der Waals surface area contributed by atoms with Crippen molar-refractivity contribution >= 4 is 35.2 Å². The average molecular weight is 360 g/mol. The maximum absolute atomic E-state index is 12.1. The number of rotatable bonds is 6. The fraction of sp³-hybridized carbons (Fsp3) is 0.158. The maximum atomic E-state index is 12.1. The highest BCUT2D eigenvalue weighted by molar-refractivity contribution is 6.32. The van der Waals surface area contributed by atoms with Crippen molar-refractivity contribution in [3.63, 3.8) is 0 Å². The second kappa shape index (κ2) is 8.89. The monoisotopic (exact) mass is 359 g/mol. The molecule has 1 N–H and O–H groups in total. The topological polar surface area (TPSA) is 64.6 Å². The number of halogens is 1. The lowest BCUT2D eigenvalue weighted by Gasteiger charge is -2.13. The van der Waals surface area contributed by atoms with Gasteiger partial charge in [0.05, 0.1) is 7.11 Å². The molecule has 0 bridgehead atoms. The van der Waals surface area contributed by atoms with Crippen molar-refractivity contribution in [2.24, 2.45) is 0 Å². The van der Waals surface area contributed by atoms with E-state index < -0.39 is 18.0 Å². The minimum absolute atomic E-state index is 0.437. The molecule has 0 aliphatic heterocycles. The van der Waals surface area contributed by atoms with Gasteiger partial charge >= 0.3 is 5.97 Å². The highest BCUT2D eigenvalue weighted by atomic mass is 35.5. The van der Waals surface area contributed by atoms with Crippen LogP contribution in [0.4, 0.5) is 5.69 Å². The predicted molar refractivity (Wildman–Crippen MR) is 97.7 cm³/mol. The minimum atomic E-state index is -0.949. The SMILES string of the molecule is COc1cccc(NC(=O)[C@@H](C)OC(=O)/C=C/c2ccccc2Cl)c1. The summed E-state index contributed by atoms with van der Waals surface area (Å²) in [7, 11) is 1.54. The number of amides is 1. The van der Waals surface area contributed by atoms with E-state index in [0.29, 0.717) is 22.0 Å². The van der Waals surface area contributed by atoms with Gasteiger partial charge in [0.1, 0.15) is 5.75 Å². The van der Waals surface area contributed by atoms with Crippen LogP contribution in [0.3, 0.4) is 0 Å². The summed E-state index contributed by atoms with van der Waals surface area (Å²) in [6, 6.07) is 14.0. The van der Waals surface area contributed by atoms with E-state index in [2.05, 4.69) is 5.32 Å². The van der Waals surface area contributed by atoms with Crippen molar-refractivity contribution in [1.82, 2.24) is 0 Å². The Hall–Kier alpha value is -2.79. The second-order valence-corrected chi connectivity index (χ2v) is 5.56. The van der Waals surface area contributed by atoms with Crippen LogP contribution in [0.25, 0.3) is 6.08 Å². The summed E-state index contributed by atoms with van der Waals surface area (Å²) in [5.74, 6) is -0.453. The van der Waals surface area contributed by atoms with Crippen LogP contribution in [-0.4, -0.2) is 25.1 Å². The molecule has 25 heavy (non-hydrogen) atoms. The van der Waals surface area contributed by atoms with E-state index in [-0.39, 0.29) is 0 Å². The number of carbonyl (C=O) groups is 2. The van der Waals surface area contributed by atoms with Crippen LogP contribution in [0.5, 0.6) is 5.75 Å². The highest BCUT2D eigenvalue weighted by Gasteiger charge is 2.16. The van der Waals surface area contributed by atoms with Gasteiger partial charge in [0, 0.05) is 22.9 Å². The van der Waals surface area contributed by atoms with Gasteiger partial charge in [-0.25, -0.2) is 4.79 Å². The number of anilines is 1. The first-order valence-corrected chi connectivity index (χ1v) is 7.95. The van der Waals surface area contributed by atoms with Gasteiger partial charge in [0.15, 0.2) is 6.10 Å². The number of hydrogen-bond acceptors (Lipinski definition) is 4. The number of ether oxygens (including phenoxy) is 2. The Morgan fingerprint density at radius 2 is 1.92 bits per heavy atom. The van der Waals surface area contributed by atoms with Crippen molar-refractivity contribution in [3.05, 3.63) is 65.2 Å². The van der Waals surface area contributed by atoms with Crippen LogP contribution in [0, 0.1) is 0 Å². The largest absolute Gasteiger partial charge is 0.497 e. The first kappa shape index (κ1) is 18.5. The van der Waals surface area contributed by atoms with E-state index in [9.17, 15) is 9.59 Å². The van der Waals surface area contributed by atoms with Gasteiger partial charge in [-0.2, -0.15) is 0 Å². The van der Waals surface area contributed by atoms with E-state index in [1.165, 1.54) is 26.2 Å². The predicted octanol–water partition coefficient (Wildman–Crippen LogP) is 3.93. The molecule has 130 valence electrons. The molecule has 0 spiro atoms. The number of nitrogens with one attached hydrogen (secondary N) is 1. The molecule has 0 aliphatic rings. The van der Waals surface area contributed by atoms with Crippen LogP contribution in [0.2, 0.25) is 5.02 Å². The molecule has 5 nitrogen and oxygen atoms in total. The molecule has 2 aromatic carbocycles. The van der Waals surface area contributed by atoms with Crippen LogP contribution in [0.15, 0.2) is 54.6 Å². The van der Waals surface area contributed by atoms with Crippen LogP contribution >= 0.6 is 11.6 Å². The maximum Gasteiger partial charge on any atom is 0.331 e. The number of benzene rings is 2. The number of hydrogen-bond donors (Lipinski definition) is 1. The third kappa shape index (κ3) is 5.65. The summed E-state index contributed by atoms with van der Waals surface area (Å²) in [6.45, 7) is 1.50. The van der Waals surface area contributed by atoms with Crippen molar-refractivity contribution in [2.45, 2.75) is 13.0 Å². The van der Waals surface area contributed by atoms with E-state index in [4.69, 9.17) is 21.1 Å². The highest BCUT2D eigenvalue weighted by Crippen LogP contribution is 2.18. The molecule has 0 aromatic heterocycles. The zero-order valence-electron chi connectivity index (χ0n) is 13.9. The normalized spacial score (nSPS) is 11.8. The Bertz CT molecular complexity index is 788. The molecule has 6 heteroatoms. The van der Waals surface area contributed by atoms with Crippen molar-refractivity contribution < 1.29 is 19.1 Å². The fourth-order valence-electron chi connectivity index (χ4n) is 1.98. The molecule has 1 amide bonds. The Balaban J connectivity index is 1.91. The van der Waals surface area contributed by atoms with Gasteiger partial charge in [-0.05, 0) is 36.8 Å². The van der Waals surface area contributed by atoms with Crippen molar-refractivity contribution in [2.75, 3.05) is 12.4 Å². The van der Waals surface area contributed by atoms with Gasteiger partial charge in [0.25, 0.3) is 5.91 Å². The lowest BCUT2D eigenvalue weighted by molar-refractivity contribution is -0.148. The number of esters is 1. The van der Waals surface area contributed by atoms with Crippen LogP contribution in [0.1, 0.15) is 12.5 Å². The molecule has 2 aromatic rings. The van der Waals surface area contributed by atoms with E-state index in [0.717, 1.165) is 0 Å². The second-order valence-electron chi connectivity index (χ2n) is 5.16. The zero-order valence-corrected chi connectivity index (χ0v) is 14.6. The third-order valence-corrected chi connectivity index (χ3v) is 3.65. The Morgan fingerprint density at radius 3 is 2.64 bits per heavy atom. The lowest BCUT2D eigenvalue weighted by atomic mass is 10.2. The average Bonchev–Trinajstić information content (AvgIpc) is 2.61. The summed E-state index contributed by atoms with van der Waals surface area (Å²) in [4.78, 5) is 23.9. The van der Waals surface area contributed by atoms with E-state index in [1.54, 1.807) is 48.5 Å². The summed E-state index contributed by atoms with van der Waals surface area (Å²) in [6.07, 6.45) is 1.82. The zero-order chi connectivity index (χ0) is 18.2. The molecule has 0 saturated heterocycles. The molecule has 0 heterocycles. The van der Waals surface area contributed by atoms with Gasteiger partial charge < -0.3 is 14.8 Å². The first-order chi connectivity index (χ1) is 12.0. The molecule has 0 aliphatic carbocycles. The molecule has 0 saturated carbocycles. The smallest absolute Gasteiger partial charge is 0.331 e. The molecule has 2 rings (SSSR count). The summed E-state index contributed by atoms with van der Waals surface area (Å²) in [5.41, 5.74) is 1.24. The molecule has 0 radical (unpaired) electrons. The van der Waals surface area contributed by atoms with Crippen molar-refractivity contribution in [1.29, 1.82) is 0 Å². The van der Waals surface area contributed by atoms with Gasteiger partial charge in [0.2, 0.25) is 0 Å². The third-order valence-electron chi connectivity index (χ3n) is 3.30. The van der Waals surface area contributed by atoms with Crippen molar-refractivity contribution in [3.8, 4) is 5.75 Å².